The summed E-state index contributed by atoms with van der Waals surface area (Å²) in [6, 6.07) is 14.9. The number of carbonyl (C=O) groups excluding carboxylic acids is 1. The van der Waals surface area contributed by atoms with Gasteiger partial charge in [0, 0.05) is 11.3 Å². The quantitative estimate of drug-likeness (QED) is 0.568. The second-order valence-electron chi connectivity index (χ2n) is 6.19. The Hall–Kier alpha value is -3.28. The molecule has 0 atom stereocenters. The zero-order valence-corrected chi connectivity index (χ0v) is 16.9. The van der Waals surface area contributed by atoms with Gasteiger partial charge in [-0.1, -0.05) is 23.4 Å². The average Bonchev–Trinajstić information content (AvgIpc) is 3.22. The number of rotatable bonds is 5. The van der Waals surface area contributed by atoms with Crippen molar-refractivity contribution in [2.45, 2.75) is 5.03 Å². The molecule has 6 nitrogen and oxygen atoms in total. The summed E-state index contributed by atoms with van der Waals surface area (Å²) in [6.07, 6.45) is 0. The highest BCUT2D eigenvalue weighted by Gasteiger charge is 2.16. The fourth-order valence-electron chi connectivity index (χ4n) is 2.76. The van der Waals surface area contributed by atoms with Gasteiger partial charge >= 0.3 is 0 Å². The Morgan fingerprint density at radius 3 is 2.83 bits per heavy atom. The van der Waals surface area contributed by atoms with Gasteiger partial charge in [-0.25, -0.2) is 9.37 Å². The standard InChI is InChI=1S/C21H13ClFN3O3S/c22-15-8-14(3-4-16(15)23)25-20(27)10-30-21-13(9-24)1-5-17(26-21)12-2-6-18-19(7-12)29-11-28-18/h1-8H,10-11H2,(H,25,27). The van der Waals surface area contributed by atoms with Crippen LogP contribution in [0.3, 0.4) is 0 Å². The number of nitrogens with one attached hydrogen (secondary N) is 1. The van der Waals surface area contributed by atoms with Gasteiger partial charge in [0.05, 0.1) is 22.0 Å². The van der Waals surface area contributed by atoms with Crippen LogP contribution in [0.2, 0.25) is 5.02 Å². The maximum absolute atomic E-state index is 13.2. The van der Waals surface area contributed by atoms with Crippen LogP contribution in [-0.2, 0) is 4.79 Å². The molecule has 0 saturated carbocycles. The van der Waals surface area contributed by atoms with Gasteiger partial charge in [0.15, 0.2) is 11.5 Å². The molecule has 2 heterocycles. The van der Waals surface area contributed by atoms with E-state index in [4.69, 9.17) is 21.1 Å². The van der Waals surface area contributed by atoms with Gasteiger partial charge < -0.3 is 14.8 Å². The lowest BCUT2D eigenvalue weighted by Gasteiger charge is -2.08. The number of ether oxygens (including phenoxy) is 2. The van der Waals surface area contributed by atoms with Gasteiger partial charge in [-0.05, 0) is 48.5 Å². The minimum Gasteiger partial charge on any atom is -0.454 e. The van der Waals surface area contributed by atoms with Crippen molar-refractivity contribution in [3.8, 4) is 28.8 Å². The maximum Gasteiger partial charge on any atom is 0.234 e. The summed E-state index contributed by atoms with van der Waals surface area (Å²) in [5.41, 5.74) is 2.19. The third-order valence-corrected chi connectivity index (χ3v) is 5.47. The lowest BCUT2D eigenvalue weighted by molar-refractivity contribution is -0.113. The summed E-state index contributed by atoms with van der Waals surface area (Å²) >= 11 is 6.86. The van der Waals surface area contributed by atoms with Gasteiger partial charge in [0.25, 0.3) is 0 Å². The summed E-state index contributed by atoms with van der Waals surface area (Å²) in [5, 5.41) is 12.4. The van der Waals surface area contributed by atoms with E-state index in [1.165, 1.54) is 18.2 Å². The van der Waals surface area contributed by atoms with E-state index in [9.17, 15) is 14.4 Å². The highest BCUT2D eigenvalue weighted by atomic mass is 35.5. The lowest BCUT2D eigenvalue weighted by atomic mass is 10.1. The third-order valence-electron chi connectivity index (χ3n) is 4.19. The minimum absolute atomic E-state index is 0.0151. The molecule has 0 spiro atoms. The first-order valence-corrected chi connectivity index (χ1v) is 10.1. The molecule has 1 aliphatic rings. The summed E-state index contributed by atoms with van der Waals surface area (Å²) in [7, 11) is 0. The number of nitriles is 1. The minimum atomic E-state index is -0.563. The van der Waals surface area contributed by atoms with Crippen molar-refractivity contribution in [3.63, 3.8) is 0 Å². The van der Waals surface area contributed by atoms with E-state index in [1.54, 1.807) is 18.2 Å². The summed E-state index contributed by atoms with van der Waals surface area (Å²) < 4.78 is 23.9. The van der Waals surface area contributed by atoms with E-state index in [2.05, 4.69) is 16.4 Å². The van der Waals surface area contributed by atoms with Crippen molar-refractivity contribution in [2.24, 2.45) is 0 Å². The molecule has 3 aromatic rings. The SMILES string of the molecule is N#Cc1ccc(-c2ccc3c(c2)OCO3)nc1SCC(=O)Nc1ccc(F)c(Cl)c1. The van der Waals surface area contributed by atoms with Gasteiger partial charge in [0.1, 0.15) is 16.9 Å². The summed E-state index contributed by atoms with van der Waals surface area (Å²) in [6.45, 7) is 0.176. The molecular formula is C21H13ClFN3O3S. The van der Waals surface area contributed by atoms with Gasteiger partial charge in [0.2, 0.25) is 12.7 Å². The third kappa shape index (κ3) is 4.32. The molecular weight excluding hydrogens is 429 g/mol. The second kappa shape index (κ2) is 8.61. The van der Waals surface area contributed by atoms with Crippen LogP contribution in [0.1, 0.15) is 5.56 Å². The molecule has 0 bridgehead atoms. The first-order valence-electron chi connectivity index (χ1n) is 8.72. The van der Waals surface area contributed by atoms with Crippen LogP contribution < -0.4 is 14.8 Å². The van der Waals surface area contributed by atoms with Crippen molar-refractivity contribution < 1.29 is 18.7 Å². The summed E-state index contributed by atoms with van der Waals surface area (Å²) in [5.74, 6) is 0.417. The number of aromatic nitrogens is 1. The van der Waals surface area contributed by atoms with Crippen molar-refractivity contribution in [1.29, 1.82) is 5.26 Å². The fourth-order valence-corrected chi connectivity index (χ4v) is 3.71. The number of thioether (sulfide) groups is 1. The lowest BCUT2D eigenvalue weighted by Crippen LogP contribution is -2.14. The van der Waals surface area contributed by atoms with Crippen LogP contribution >= 0.6 is 23.4 Å². The van der Waals surface area contributed by atoms with Crippen LogP contribution in [-0.4, -0.2) is 23.4 Å². The number of nitrogens with zero attached hydrogens (tertiary/aromatic N) is 2. The highest BCUT2D eigenvalue weighted by Crippen LogP contribution is 2.36. The number of fused-ring (bicyclic) bond motifs is 1. The molecule has 0 fully saturated rings. The largest absolute Gasteiger partial charge is 0.454 e. The topological polar surface area (TPSA) is 84.2 Å². The van der Waals surface area contributed by atoms with Crippen LogP contribution in [0.25, 0.3) is 11.3 Å². The van der Waals surface area contributed by atoms with Crippen LogP contribution in [0.4, 0.5) is 10.1 Å². The number of pyridine rings is 1. The number of amides is 1. The van der Waals surface area contributed by atoms with Crippen molar-refractivity contribution in [2.75, 3.05) is 17.9 Å². The first-order chi connectivity index (χ1) is 14.5. The van der Waals surface area contributed by atoms with E-state index in [1.807, 2.05) is 12.1 Å². The first kappa shape index (κ1) is 20.0. The molecule has 1 aromatic heterocycles. The average molecular weight is 442 g/mol. The summed E-state index contributed by atoms with van der Waals surface area (Å²) in [4.78, 5) is 16.8. The van der Waals surface area contributed by atoms with Gasteiger partial charge in [-0.3, -0.25) is 4.79 Å². The molecule has 2 aromatic carbocycles. The van der Waals surface area contributed by atoms with Gasteiger partial charge in [-0.2, -0.15) is 5.26 Å². The maximum atomic E-state index is 13.2. The van der Waals surface area contributed by atoms with E-state index >= 15 is 0 Å². The Kier molecular flexibility index (Phi) is 5.74. The normalized spacial score (nSPS) is 11.8. The molecule has 1 aliphatic heterocycles. The molecule has 0 aliphatic carbocycles. The van der Waals surface area contributed by atoms with Crippen molar-refractivity contribution in [3.05, 3.63) is 64.9 Å². The zero-order chi connectivity index (χ0) is 21.1. The number of hydrogen-bond acceptors (Lipinski definition) is 6. The van der Waals surface area contributed by atoms with Gasteiger partial charge in [-0.15, -0.1) is 0 Å². The number of benzene rings is 2. The molecule has 4 rings (SSSR count). The second-order valence-corrected chi connectivity index (χ2v) is 7.57. The molecule has 0 radical (unpaired) electrons. The molecule has 0 unspecified atom stereocenters. The predicted octanol–water partition coefficient (Wildman–Crippen LogP) is 4.87. The number of hydrogen-bond donors (Lipinski definition) is 1. The number of halogens is 2. The Morgan fingerprint density at radius 1 is 1.20 bits per heavy atom. The zero-order valence-electron chi connectivity index (χ0n) is 15.3. The van der Waals surface area contributed by atoms with Crippen molar-refractivity contribution in [1.82, 2.24) is 4.98 Å². The predicted molar refractivity (Wildman–Crippen MR) is 111 cm³/mol. The Labute approximate surface area is 180 Å². The Morgan fingerprint density at radius 2 is 2.03 bits per heavy atom. The van der Waals surface area contributed by atoms with Crippen LogP contribution in [0.15, 0.2) is 53.6 Å². The van der Waals surface area contributed by atoms with E-state index in [0.717, 1.165) is 17.3 Å². The number of anilines is 1. The smallest absolute Gasteiger partial charge is 0.234 e. The fraction of sp³-hybridized carbons (Fsp3) is 0.0952. The van der Waals surface area contributed by atoms with Crippen LogP contribution in [0, 0.1) is 17.1 Å². The molecule has 1 N–H and O–H groups in total. The Bertz CT molecular complexity index is 1180. The van der Waals surface area contributed by atoms with E-state index in [0.29, 0.717) is 33.5 Å². The van der Waals surface area contributed by atoms with E-state index in [-0.39, 0.29) is 23.5 Å². The highest BCUT2D eigenvalue weighted by molar-refractivity contribution is 8.00. The number of carbonyl (C=O) groups is 1. The molecule has 0 saturated heterocycles. The molecule has 30 heavy (non-hydrogen) atoms. The molecule has 150 valence electrons. The Balaban J connectivity index is 1.49. The monoisotopic (exact) mass is 441 g/mol. The molecule has 9 heteroatoms. The van der Waals surface area contributed by atoms with E-state index < -0.39 is 5.82 Å². The van der Waals surface area contributed by atoms with Crippen LogP contribution in [0.5, 0.6) is 11.5 Å². The molecule has 1 amide bonds. The van der Waals surface area contributed by atoms with Crippen molar-refractivity contribution >= 4 is 35.0 Å².